The second kappa shape index (κ2) is 10.5. The van der Waals surface area contributed by atoms with Crippen molar-refractivity contribution in [2.45, 2.75) is 9.79 Å². The molecule has 0 N–H and O–H groups in total. The number of fused-ring (bicyclic) bond motifs is 6. The molecule has 3 heterocycles. The molecule has 0 fully saturated rings. The van der Waals surface area contributed by atoms with Gasteiger partial charge in [0.1, 0.15) is 5.82 Å². The van der Waals surface area contributed by atoms with Crippen LogP contribution in [0.2, 0.25) is 0 Å². The fourth-order valence-electron chi connectivity index (χ4n) is 6.39. The highest BCUT2D eigenvalue weighted by Crippen LogP contribution is 2.55. The molecule has 2 aromatic heterocycles. The zero-order valence-electron chi connectivity index (χ0n) is 24.2. The molecule has 0 spiro atoms. The quantitative estimate of drug-likeness (QED) is 0.203. The van der Waals surface area contributed by atoms with Gasteiger partial charge in [0.2, 0.25) is 0 Å². The Morgan fingerprint density at radius 3 is 1.98 bits per heavy atom. The minimum Gasteiger partial charge on any atom is -0.307 e. The lowest BCUT2D eigenvalue weighted by atomic mass is 10.1. The zero-order valence-corrected chi connectivity index (χ0v) is 25.0. The van der Waals surface area contributed by atoms with Gasteiger partial charge in [0.05, 0.1) is 28.1 Å². The van der Waals surface area contributed by atoms with E-state index in [4.69, 9.17) is 9.97 Å². The fourth-order valence-corrected chi connectivity index (χ4v) is 7.46. The Bertz CT molecular complexity index is 2290. The molecule has 6 aromatic carbocycles. The van der Waals surface area contributed by atoms with Crippen molar-refractivity contribution in [2.75, 3.05) is 4.90 Å². The van der Waals surface area contributed by atoms with Crippen LogP contribution in [-0.2, 0) is 0 Å². The Labute approximate surface area is 265 Å². The van der Waals surface area contributed by atoms with E-state index in [1.54, 1.807) is 0 Å². The maximum atomic E-state index is 5.31. The lowest BCUT2D eigenvalue weighted by molar-refractivity contribution is 1.08. The van der Waals surface area contributed by atoms with Gasteiger partial charge in [0, 0.05) is 43.4 Å². The lowest BCUT2D eigenvalue weighted by Gasteiger charge is -2.33. The summed E-state index contributed by atoms with van der Waals surface area (Å²) in [6, 6.07) is 55.3. The fraction of sp³-hybridized carbons (Fsp3) is 0. The van der Waals surface area contributed by atoms with Gasteiger partial charge in [-0.2, -0.15) is 0 Å². The maximum Gasteiger partial charge on any atom is 0.162 e. The highest BCUT2D eigenvalue weighted by Gasteiger charge is 2.31. The molecule has 0 unspecified atom stereocenters. The number of hydrogen-bond donors (Lipinski definition) is 0. The third kappa shape index (κ3) is 4.24. The number of anilines is 3. The second-order valence-corrected chi connectivity index (χ2v) is 12.2. The van der Waals surface area contributed by atoms with Crippen LogP contribution in [-0.4, -0.2) is 14.5 Å². The number of rotatable bonds is 4. The summed E-state index contributed by atoms with van der Waals surface area (Å²) in [7, 11) is 0. The van der Waals surface area contributed by atoms with Crippen LogP contribution in [0.25, 0.3) is 50.1 Å². The van der Waals surface area contributed by atoms with E-state index in [0.29, 0.717) is 5.82 Å². The third-order valence-corrected chi connectivity index (χ3v) is 9.49. The van der Waals surface area contributed by atoms with E-state index in [1.807, 2.05) is 36.0 Å². The molecule has 1 aliphatic rings. The first-order valence-electron chi connectivity index (χ1n) is 15.0. The minimum absolute atomic E-state index is 0.694. The number of benzene rings is 6. The lowest BCUT2D eigenvalue weighted by Crippen LogP contribution is -2.18. The van der Waals surface area contributed by atoms with Crippen molar-refractivity contribution in [3.8, 4) is 28.3 Å². The van der Waals surface area contributed by atoms with Crippen LogP contribution in [0.1, 0.15) is 0 Å². The molecule has 0 saturated heterocycles. The van der Waals surface area contributed by atoms with Gasteiger partial charge in [-0.05, 0) is 36.4 Å². The monoisotopic (exact) mass is 594 g/mol. The van der Waals surface area contributed by atoms with Gasteiger partial charge in [-0.15, -0.1) is 0 Å². The molecule has 212 valence electrons. The Hall–Kier alpha value is -5.65. The largest absolute Gasteiger partial charge is 0.307 e. The summed E-state index contributed by atoms with van der Waals surface area (Å²) in [6.07, 6.45) is 0. The first-order chi connectivity index (χ1) is 22.3. The van der Waals surface area contributed by atoms with Gasteiger partial charge >= 0.3 is 0 Å². The highest BCUT2D eigenvalue weighted by atomic mass is 32.2. The van der Waals surface area contributed by atoms with Crippen LogP contribution < -0.4 is 4.90 Å². The van der Waals surface area contributed by atoms with E-state index in [0.717, 1.165) is 45.2 Å². The smallest absolute Gasteiger partial charge is 0.162 e. The summed E-state index contributed by atoms with van der Waals surface area (Å²) in [5.74, 6) is 1.52. The minimum atomic E-state index is 0.694. The molecular weight excluding hydrogens is 569 g/mol. The Morgan fingerprint density at radius 1 is 0.511 bits per heavy atom. The number of nitrogens with zero attached hydrogens (tertiary/aromatic N) is 4. The number of hydrogen-bond acceptors (Lipinski definition) is 4. The van der Waals surface area contributed by atoms with Crippen LogP contribution in [0.15, 0.2) is 168 Å². The number of aromatic nitrogens is 3. The van der Waals surface area contributed by atoms with Crippen LogP contribution in [0.5, 0.6) is 0 Å². The molecule has 8 aromatic rings. The van der Waals surface area contributed by atoms with Crippen molar-refractivity contribution in [1.82, 2.24) is 14.5 Å². The van der Waals surface area contributed by atoms with Crippen molar-refractivity contribution < 1.29 is 0 Å². The van der Waals surface area contributed by atoms with Crippen molar-refractivity contribution in [3.05, 3.63) is 158 Å². The summed E-state index contributed by atoms with van der Waals surface area (Å²) < 4.78 is 2.41. The first-order valence-corrected chi connectivity index (χ1v) is 15.8. The number of para-hydroxylation sites is 3. The zero-order chi connectivity index (χ0) is 29.7. The molecule has 0 bridgehead atoms. The predicted molar refractivity (Wildman–Crippen MR) is 186 cm³/mol. The summed E-state index contributed by atoms with van der Waals surface area (Å²) >= 11 is 1.81. The predicted octanol–water partition coefficient (Wildman–Crippen LogP) is 10.8. The third-order valence-electron chi connectivity index (χ3n) is 8.38. The standard InChI is InChI=1S/C40H26N4S/c1-4-14-27(15-5-1)32-26-37(42-40(41-32)28-16-6-2-7-17-28)44-34-22-12-13-23-35(34)45-36-25-24-31-30-20-10-11-21-33(30)43(38(31)39(36)44)29-18-8-3-9-19-29/h1-26H. The van der Waals surface area contributed by atoms with Gasteiger partial charge in [0.15, 0.2) is 5.82 Å². The molecule has 45 heavy (non-hydrogen) atoms. The maximum absolute atomic E-state index is 5.31. The van der Waals surface area contributed by atoms with Gasteiger partial charge in [-0.3, -0.25) is 4.90 Å². The van der Waals surface area contributed by atoms with Crippen molar-refractivity contribution in [2.24, 2.45) is 0 Å². The van der Waals surface area contributed by atoms with Crippen molar-refractivity contribution >= 4 is 50.8 Å². The molecule has 5 heteroatoms. The van der Waals surface area contributed by atoms with E-state index < -0.39 is 0 Å². The van der Waals surface area contributed by atoms with E-state index in [2.05, 4.69) is 143 Å². The van der Waals surface area contributed by atoms with E-state index >= 15 is 0 Å². The van der Waals surface area contributed by atoms with Crippen LogP contribution >= 0.6 is 11.8 Å². The average molecular weight is 595 g/mol. The molecular formula is C40H26N4S. The van der Waals surface area contributed by atoms with Crippen molar-refractivity contribution in [1.29, 1.82) is 0 Å². The highest BCUT2D eigenvalue weighted by molar-refractivity contribution is 7.99. The summed E-state index contributed by atoms with van der Waals surface area (Å²) in [5, 5.41) is 2.43. The molecule has 9 rings (SSSR count). The van der Waals surface area contributed by atoms with Gasteiger partial charge in [0.25, 0.3) is 0 Å². The summed E-state index contributed by atoms with van der Waals surface area (Å²) in [6.45, 7) is 0. The molecule has 1 aliphatic heterocycles. The Kier molecular flexibility index (Phi) is 6.03. The second-order valence-electron chi connectivity index (χ2n) is 11.1. The van der Waals surface area contributed by atoms with Gasteiger partial charge < -0.3 is 4.57 Å². The van der Waals surface area contributed by atoms with E-state index in [9.17, 15) is 0 Å². The molecule has 0 radical (unpaired) electrons. The topological polar surface area (TPSA) is 34.0 Å². The van der Waals surface area contributed by atoms with Gasteiger partial charge in [-0.25, -0.2) is 9.97 Å². The molecule has 0 aliphatic carbocycles. The van der Waals surface area contributed by atoms with Crippen molar-refractivity contribution in [3.63, 3.8) is 0 Å². The summed E-state index contributed by atoms with van der Waals surface area (Å²) in [4.78, 5) is 15.1. The Balaban J connectivity index is 1.40. The molecule has 0 saturated carbocycles. The van der Waals surface area contributed by atoms with Crippen LogP contribution in [0.3, 0.4) is 0 Å². The van der Waals surface area contributed by atoms with E-state index in [-0.39, 0.29) is 0 Å². The van der Waals surface area contributed by atoms with Crippen LogP contribution in [0.4, 0.5) is 17.2 Å². The molecule has 0 amide bonds. The SMILES string of the molecule is c1ccc(-c2cc(N3c4ccccc4Sc4ccc5c6ccccc6n(-c6ccccc6)c5c43)nc(-c3ccccc3)n2)cc1. The molecule has 4 nitrogen and oxygen atoms in total. The Morgan fingerprint density at radius 2 is 1.18 bits per heavy atom. The molecule has 0 atom stereocenters. The van der Waals surface area contributed by atoms with E-state index in [1.165, 1.54) is 26.1 Å². The first kappa shape index (κ1) is 25.8. The average Bonchev–Trinajstić information content (AvgIpc) is 3.46. The normalized spacial score (nSPS) is 12.3. The van der Waals surface area contributed by atoms with Crippen LogP contribution in [0, 0.1) is 0 Å². The summed E-state index contributed by atoms with van der Waals surface area (Å²) in [5.41, 5.74) is 8.59. The van der Waals surface area contributed by atoms with Gasteiger partial charge in [-0.1, -0.05) is 127 Å².